The van der Waals surface area contributed by atoms with Gasteiger partial charge in [-0.05, 0) is 57.4 Å². The number of piperidine rings is 1. The van der Waals surface area contributed by atoms with Crippen LogP contribution >= 0.6 is 0 Å². The van der Waals surface area contributed by atoms with Gasteiger partial charge in [0.2, 0.25) is 0 Å². The van der Waals surface area contributed by atoms with E-state index in [1.165, 1.54) is 50.9 Å². The second kappa shape index (κ2) is 9.06. The molecule has 0 spiro atoms. The van der Waals surface area contributed by atoms with E-state index in [0.717, 1.165) is 24.9 Å². The first-order chi connectivity index (χ1) is 10.3. The molecule has 3 heteroatoms. The van der Waals surface area contributed by atoms with Crippen molar-refractivity contribution < 1.29 is 15.0 Å². The molecule has 1 aliphatic heterocycles. The van der Waals surface area contributed by atoms with Crippen molar-refractivity contribution in [2.24, 2.45) is 0 Å². The summed E-state index contributed by atoms with van der Waals surface area (Å²) in [5, 5.41) is 2.43. The van der Waals surface area contributed by atoms with Gasteiger partial charge in [-0.3, -0.25) is 0 Å². The number of rotatable bonds is 8. The van der Waals surface area contributed by atoms with Gasteiger partial charge in [0, 0.05) is 12.0 Å². The molecule has 118 valence electrons. The number of nitrogens with two attached hydrogens (primary N) is 1. The summed E-state index contributed by atoms with van der Waals surface area (Å²) in [5.74, 6) is 0.976. The molecule has 2 rings (SSSR count). The van der Waals surface area contributed by atoms with Gasteiger partial charge >= 0.3 is 0 Å². The molecular weight excluding hydrogens is 260 g/mol. The van der Waals surface area contributed by atoms with Crippen LogP contribution in [-0.4, -0.2) is 32.3 Å². The van der Waals surface area contributed by atoms with Crippen LogP contribution in [0.15, 0.2) is 24.3 Å². The van der Waals surface area contributed by atoms with E-state index in [1.807, 2.05) is 11.8 Å². The Morgan fingerprint density at radius 1 is 1.24 bits per heavy atom. The summed E-state index contributed by atoms with van der Waals surface area (Å²) in [6.45, 7) is 10.2. The molecule has 21 heavy (non-hydrogen) atoms. The smallest absolute Gasteiger partial charge is 0.119 e. The fourth-order valence-electron chi connectivity index (χ4n) is 3.26. The molecule has 3 nitrogen and oxygen atoms in total. The molecule has 0 bridgehead atoms. The second-order valence-corrected chi connectivity index (χ2v) is 6.27. The van der Waals surface area contributed by atoms with Gasteiger partial charge in [0.25, 0.3) is 0 Å². The largest absolute Gasteiger partial charge is 0.494 e. The maximum absolute atomic E-state index is 5.47. The first kappa shape index (κ1) is 16.3. The Morgan fingerprint density at radius 2 is 2.05 bits per heavy atom. The summed E-state index contributed by atoms with van der Waals surface area (Å²) in [5.41, 5.74) is 1.39. The summed E-state index contributed by atoms with van der Waals surface area (Å²) in [6.07, 6.45) is 5.62. The molecule has 1 heterocycles. The molecule has 1 aromatic rings. The number of nitrogens with one attached hydrogen (secondary N) is 1. The molecular formula is C18H32N2O+2. The molecule has 1 saturated heterocycles. The van der Waals surface area contributed by atoms with E-state index in [0.29, 0.717) is 0 Å². The lowest BCUT2D eigenvalue weighted by molar-refractivity contribution is -0.930. The first-order valence-electron chi connectivity index (χ1n) is 8.67. The van der Waals surface area contributed by atoms with Gasteiger partial charge in [-0.2, -0.15) is 0 Å². The Morgan fingerprint density at radius 3 is 2.76 bits per heavy atom. The number of benzene rings is 1. The number of quaternary nitrogens is 2. The lowest BCUT2D eigenvalue weighted by atomic mass is 10.0. The van der Waals surface area contributed by atoms with Crippen LogP contribution in [-0.2, 0) is 6.54 Å². The molecule has 3 N–H and O–H groups in total. The molecule has 1 unspecified atom stereocenters. The van der Waals surface area contributed by atoms with Crippen LogP contribution in [0.1, 0.15) is 45.1 Å². The standard InChI is InChI=1S/C18H30N2O/c1-3-21-18-10-8-17(9-11-18)15-19-12-6-14-20-13-5-4-7-16(20)2/h8-11,16,19H,3-7,12-15H2,1-2H3/p+2/t16-/m0/s1. The third-order valence-corrected chi connectivity index (χ3v) is 4.60. The van der Waals surface area contributed by atoms with Crippen LogP contribution in [0.25, 0.3) is 0 Å². The normalized spacial score (nSPS) is 22.2. The Bertz CT molecular complexity index is 391. The number of likely N-dealkylation sites (tertiary alicyclic amines) is 1. The Labute approximate surface area is 129 Å². The maximum atomic E-state index is 5.47. The minimum atomic E-state index is 0.739. The van der Waals surface area contributed by atoms with Crippen molar-refractivity contribution in [3.63, 3.8) is 0 Å². The summed E-state index contributed by atoms with van der Waals surface area (Å²) < 4.78 is 5.47. The molecule has 0 aromatic heterocycles. The van der Waals surface area contributed by atoms with Crippen molar-refractivity contribution in [1.29, 1.82) is 0 Å². The summed E-state index contributed by atoms with van der Waals surface area (Å²) in [6, 6.07) is 9.39. The molecule has 0 aliphatic carbocycles. The van der Waals surface area contributed by atoms with Gasteiger partial charge in [-0.1, -0.05) is 0 Å². The average molecular weight is 292 g/mol. The van der Waals surface area contributed by atoms with Gasteiger partial charge in [0.1, 0.15) is 12.3 Å². The quantitative estimate of drug-likeness (QED) is 0.688. The summed E-state index contributed by atoms with van der Waals surface area (Å²) in [4.78, 5) is 1.83. The van der Waals surface area contributed by atoms with Crippen LogP contribution in [0.5, 0.6) is 5.75 Å². The fraction of sp³-hybridized carbons (Fsp3) is 0.667. The van der Waals surface area contributed by atoms with Crippen molar-refractivity contribution in [2.45, 2.75) is 52.1 Å². The first-order valence-corrected chi connectivity index (χ1v) is 8.67. The van der Waals surface area contributed by atoms with Crippen LogP contribution in [0.4, 0.5) is 0 Å². The van der Waals surface area contributed by atoms with Crippen LogP contribution in [0.2, 0.25) is 0 Å². The van der Waals surface area contributed by atoms with E-state index >= 15 is 0 Å². The van der Waals surface area contributed by atoms with Gasteiger partial charge in [-0.15, -0.1) is 0 Å². The molecule has 1 fully saturated rings. The number of hydrogen-bond acceptors (Lipinski definition) is 1. The lowest BCUT2D eigenvalue weighted by Crippen LogP contribution is -3.16. The van der Waals surface area contributed by atoms with Crippen LogP contribution < -0.4 is 15.0 Å². The maximum Gasteiger partial charge on any atom is 0.119 e. The average Bonchev–Trinajstić information content (AvgIpc) is 2.51. The Kier molecular flexibility index (Phi) is 7.04. The Balaban J connectivity index is 1.58. The van der Waals surface area contributed by atoms with E-state index in [2.05, 4.69) is 36.5 Å². The molecule has 0 amide bonds. The van der Waals surface area contributed by atoms with Gasteiger partial charge in [-0.25, -0.2) is 0 Å². The van der Waals surface area contributed by atoms with E-state index in [-0.39, 0.29) is 0 Å². The highest BCUT2D eigenvalue weighted by Gasteiger charge is 2.20. The lowest BCUT2D eigenvalue weighted by Gasteiger charge is -2.29. The fourth-order valence-corrected chi connectivity index (χ4v) is 3.26. The zero-order valence-electron chi connectivity index (χ0n) is 13.7. The highest BCUT2D eigenvalue weighted by molar-refractivity contribution is 5.26. The molecule has 0 saturated carbocycles. The van der Waals surface area contributed by atoms with Gasteiger partial charge in [0.15, 0.2) is 0 Å². The van der Waals surface area contributed by atoms with Crippen molar-refractivity contribution in [3.8, 4) is 5.75 Å². The Hall–Kier alpha value is -1.06. The van der Waals surface area contributed by atoms with Crippen molar-refractivity contribution in [2.75, 3.05) is 26.2 Å². The zero-order chi connectivity index (χ0) is 14.9. The van der Waals surface area contributed by atoms with Crippen LogP contribution in [0, 0.1) is 0 Å². The van der Waals surface area contributed by atoms with Gasteiger partial charge in [0.05, 0.1) is 32.3 Å². The van der Waals surface area contributed by atoms with Crippen LogP contribution in [0.3, 0.4) is 0 Å². The van der Waals surface area contributed by atoms with Gasteiger partial charge < -0.3 is 15.0 Å². The molecule has 1 aliphatic rings. The predicted octanol–water partition coefficient (Wildman–Crippen LogP) is 0.996. The topological polar surface area (TPSA) is 30.3 Å². The minimum absolute atomic E-state index is 0.739. The van der Waals surface area contributed by atoms with E-state index in [4.69, 9.17) is 4.74 Å². The summed E-state index contributed by atoms with van der Waals surface area (Å²) >= 11 is 0. The zero-order valence-corrected chi connectivity index (χ0v) is 13.7. The van der Waals surface area contributed by atoms with Crippen molar-refractivity contribution in [1.82, 2.24) is 0 Å². The van der Waals surface area contributed by atoms with E-state index in [1.54, 1.807) is 0 Å². The van der Waals surface area contributed by atoms with Crippen molar-refractivity contribution >= 4 is 0 Å². The summed E-state index contributed by atoms with van der Waals surface area (Å²) in [7, 11) is 0. The number of ether oxygens (including phenoxy) is 1. The predicted molar refractivity (Wildman–Crippen MR) is 86.7 cm³/mol. The third kappa shape index (κ3) is 5.68. The highest BCUT2D eigenvalue weighted by Crippen LogP contribution is 2.11. The number of hydrogen-bond donors (Lipinski definition) is 2. The SMILES string of the molecule is CCOc1ccc(C[NH2+]CCC[NH+]2CCCC[C@@H]2C)cc1. The minimum Gasteiger partial charge on any atom is -0.494 e. The molecule has 1 aromatic carbocycles. The second-order valence-electron chi connectivity index (χ2n) is 6.27. The highest BCUT2D eigenvalue weighted by atomic mass is 16.5. The monoisotopic (exact) mass is 292 g/mol. The molecule has 0 radical (unpaired) electrons. The van der Waals surface area contributed by atoms with Crippen molar-refractivity contribution in [3.05, 3.63) is 29.8 Å². The van der Waals surface area contributed by atoms with E-state index < -0.39 is 0 Å². The third-order valence-electron chi connectivity index (χ3n) is 4.60. The van der Waals surface area contributed by atoms with E-state index in [9.17, 15) is 0 Å². The molecule has 2 atom stereocenters.